The number of hydrogen-bond acceptors (Lipinski definition) is 5. The fourth-order valence-corrected chi connectivity index (χ4v) is 4.25. The molecular formula is C19H15N3OS2. The highest BCUT2D eigenvalue weighted by molar-refractivity contribution is 7.21. The zero-order chi connectivity index (χ0) is 17.1. The van der Waals surface area contributed by atoms with Gasteiger partial charge in [-0.15, -0.1) is 22.7 Å². The van der Waals surface area contributed by atoms with Crippen molar-refractivity contribution in [1.82, 2.24) is 15.3 Å². The summed E-state index contributed by atoms with van der Waals surface area (Å²) in [7, 11) is 0. The number of fused-ring (bicyclic) bond motifs is 1. The van der Waals surface area contributed by atoms with Crippen molar-refractivity contribution in [1.29, 1.82) is 0 Å². The molecule has 2 aromatic carbocycles. The topological polar surface area (TPSA) is 54.9 Å². The Labute approximate surface area is 153 Å². The average Bonchev–Trinajstić information content (AvgIpc) is 3.27. The first-order valence-corrected chi connectivity index (χ1v) is 9.58. The van der Waals surface area contributed by atoms with Gasteiger partial charge in [0.15, 0.2) is 0 Å². The minimum atomic E-state index is -0.0194. The first-order chi connectivity index (χ1) is 12.3. The Morgan fingerprint density at radius 3 is 2.64 bits per heavy atom. The van der Waals surface area contributed by atoms with Gasteiger partial charge in [0, 0.05) is 11.9 Å². The molecule has 1 N–H and O–H groups in total. The molecule has 6 heteroatoms. The van der Waals surface area contributed by atoms with Gasteiger partial charge in [-0.1, -0.05) is 42.5 Å². The van der Waals surface area contributed by atoms with E-state index < -0.39 is 0 Å². The highest BCUT2D eigenvalue weighted by Crippen LogP contribution is 2.30. The molecule has 0 bridgehead atoms. The standard InChI is InChI=1S/C19H15N3OS2/c23-17(20-11-13-6-2-1-3-7-13)10-18-21-15(12-24-18)19-22-14-8-4-5-9-16(14)25-19/h1-9,12H,10-11H2,(H,20,23). The van der Waals surface area contributed by atoms with E-state index in [1.807, 2.05) is 53.9 Å². The highest BCUT2D eigenvalue weighted by Gasteiger charge is 2.12. The molecule has 0 radical (unpaired) electrons. The third kappa shape index (κ3) is 3.75. The number of nitrogens with one attached hydrogen (secondary N) is 1. The molecule has 0 aliphatic carbocycles. The molecule has 2 heterocycles. The molecule has 4 aromatic rings. The lowest BCUT2D eigenvalue weighted by atomic mass is 10.2. The fraction of sp³-hybridized carbons (Fsp3) is 0.105. The van der Waals surface area contributed by atoms with Crippen molar-refractivity contribution in [3.63, 3.8) is 0 Å². The van der Waals surface area contributed by atoms with Gasteiger partial charge in [0.05, 0.1) is 16.6 Å². The van der Waals surface area contributed by atoms with Crippen LogP contribution in [0.1, 0.15) is 10.6 Å². The largest absolute Gasteiger partial charge is 0.352 e. The molecular weight excluding hydrogens is 350 g/mol. The molecule has 25 heavy (non-hydrogen) atoms. The van der Waals surface area contributed by atoms with Gasteiger partial charge in [0.25, 0.3) is 0 Å². The number of nitrogens with zero attached hydrogens (tertiary/aromatic N) is 2. The van der Waals surface area contributed by atoms with E-state index in [1.165, 1.54) is 11.3 Å². The normalized spacial score (nSPS) is 10.9. The predicted octanol–water partition coefficient (Wildman–Crippen LogP) is 4.28. The number of rotatable bonds is 5. The summed E-state index contributed by atoms with van der Waals surface area (Å²) in [5.41, 5.74) is 2.92. The number of amides is 1. The molecule has 0 saturated carbocycles. The summed E-state index contributed by atoms with van der Waals surface area (Å²) >= 11 is 3.12. The van der Waals surface area contributed by atoms with E-state index in [0.717, 1.165) is 31.5 Å². The van der Waals surface area contributed by atoms with Crippen LogP contribution >= 0.6 is 22.7 Å². The average molecular weight is 365 g/mol. The second kappa shape index (κ2) is 7.13. The SMILES string of the molecule is O=C(Cc1nc(-c2nc3ccccc3s2)cs1)NCc1ccccc1. The van der Waals surface area contributed by atoms with Crippen LogP contribution in [0.2, 0.25) is 0 Å². The second-order valence-electron chi connectivity index (χ2n) is 5.55. The highest BCUT2D eigenvalue weighted by atomic mass is 32.1. The van der Waals surface area contributed by atoms with E-state index in [0.29, 0.717) is 13.0 Å². The molecule has 0 atom stereocenters. The molecule has 4 rings (SSSR count). The Bertz CT molecular complexity index is 975. The zero-order valence-corrected chi connectivity index (χ0v) is 14.9. The van der Waals surface area contributed by atoms with Crippen molar-refractivity contribution in [2.45, 2.75) is 13.0 Å². The summed E-state index contributed by atoms with van der Waals surface area (Å²) in [5.74, 6) is -0.0194. The summed E-state index contributed by atoms with van der Waals surface area (Å²) in [5, 5.41) is 6.60. The summed E-state index contributed by atoms with van der Waals surface area (Å²) in [4.78, 5) is 21.3. The van der Waals surface area contributed by atoms with E-state index in [4.69, 9.17) is 0 Å². The van der Waals surface area contributed by atoms with Crippen LogP contribution in [0.5, 0.6) is 0 Å². The maximum atomic E-state index is 12.1. The Balaban J connectivity index is 1.41. The van der Waals surface area contributed by atoms with E-state index in [1.54, 1.807) is 11.3 Å². The quantitative estimate of drug-likeness (QED) is 0.574. The predicted molar refractivity (Wildman–Crippen MR) is 103 cm³/mol. The first-order valence-electron chi connectivity index (χ1n) is 7.89. The molecule has 0 spiro atoms. The number of para-hydroxylation sites is 1. The number of hydrogen-bond donors (Lipinski definition) is 1. The van der Waals surface area contributed by atoms with E-state index in [-0.39, 0.29) is 5.91 Å². The zero-order valence-electron chi connectivity index (χ0n) is 13.3. The Kier molecular flexibility index (Phi) is 4.54. The van der Waals surface area contributed by atoms with Crippen molar-refractivity contribution >= 4 is 38.8 Å². The maximum absolute atomic E-state index is 12.1. The van der Waals surface area contributed by atoms with Gasteiger partial charge in [-0.05, 0) is 17.7 Å². The maximum Gasteiger partial charge on any atom is 0.227 e. The van der Waals surface area contributed by atoms with Gasteiger partial charge in [-0.3, -0.25) is 4.79 Å². The molecule has 1 amide bonds. The molecule has 0 unspecified atom stereocenters. The molecule has 0 aliphatic heterocycles. The van der Waals surface area contributed by atoms with Gasteiger partial charge in [0.1, 0.15) is 15.7 Å². The van der Waals surface area contributed by atoms with Gasteiger partial charge in [-0.25, -0.2) is 9.97 Å². The number of aromatic nitrogens is 2. The second-order valence-corrected chi connectivity index (χ2v) is 7.53. The third-order valence-corrected chi connectivity index (χ3v) is 5.62. The number of carbonyl (C=O) groups excluding carboxylic acids is 1. The van der Waals surface area contributed by atoms with Gasteiger partial charge >= 0.3 is 0 Å². The molecule has 0 saturated heterocycles. The van der Waals surface area contributed by atoms with Gasteiger partial charge in [-0.2, -0.15) is 0 Å². The summed E-state index contributed by atoms with van der Waals surface area (Å²) in [6.07, 6.45) is 0.294. The third-order valence-electron chi connectivity index (χ3n) is 3.71. The van der Waals surface area contributed by atoms with Crippen LogP contribution in [-0.2, 0) is 17.8 Å². The lowest BCUT2D eigenvalue weighted by Crippen LogP contribution is -2.24. The van der Waals surface area contributed by atoms with Crippen LogP contribution in [0.25, 0.3) is 20.9 Å². The monoisotopic (exact) mass is 365 g/mol. The molecule has 4 nitrogen and oxygen atoms in total. The molecule has 0 fully saturated rings. The Hall–Kier alpha value is -2.57. The van der Waals surface area contributed by atoms with Gasteiger partial charge in [0.2, 0.25) is 5.91 Å². The Morgan fingerprint density at radius 2 is 1.80 bits per heavy atom. The summed E-state index contributed by atoms with van der Waals surface area (Å²) in [6.45, 7) is 0.537. The molecule has 2 aromatic heterocycles. The Morgan fingerprint density at radius 1 is 1.00 bits per heavy atom. The van der Waals surface area contributed by atoms with Crippen LogP contribution in [0.3, 0.4) is 0 Å². The van der Waals surface area contributed by atoms with Crippen LogP contribution in [-0.4, -0.2) is 15.9 Å². The van der Waals surface area contributed by atoms with Crippen LogP contribution in [0.4, 0.5) is 0 Å². The number of carbonyl (C=O) groups is 1. The van der Waals surface area contributed by atoms with Crippen molar-refractivity contribution in [3.8, 4) is 10.7 Å². The lowest BCUT2D eigenvalue weighted by molar-refractivity contribution is -0.120. The van der Waals surface area contributed by atoms with Crippen LogP contribution in [0.15, 0.2) is 60.0 Å². The summed E-state index contributed by atoms with van der Waals surface area (Å²) < 4.78 is 1.15. The number of thiazole rings is 2. The van der Waals surface area contributed by atoms with Gasteiger partial charge < -0.3 is 5.32 Å². The van der Waals surface area contributed by atoms with E-state index >= 15 is 0 Å². The van der Waals surface area contributed by atoms with Crippen LogP contribution in [0, 0.1) is 0 Å². The fourth-order valence-electron chi connectivity index (χ4n) is 2.47. The first kappa shape index (κ1) is 15.9. The van der Waals surface area contributed by atoms with Crippen LogP contribution < -0.4 is 5.32 Å². The minimum Gasteiger partial charge on any atom is -0.352 e. The van der Waals surface area contributed by atoms with Crippen molar-refractivity contribution in [3.05, 3.63) is 70.5 Å². The minimum absolute atomic E-state index is 0.0194. The molecule has 0 aliphatic rings. The van der Waals surface area contributed by atoms with Crippen molar-refractivity contribution in [2.24, 2.45) is 0 Å². The van der Waals surface area contributed by atoms with E-state index in [9.17, 15) is 4.79 Å². The van der Waals surface area contributed by atoms with Crippen molar-refractivity contribution in [2.75, 3.05) is 0 Å². The smallest absolute Gasteiger partial charge is 0.227 e. The number of benzene rings is 2. The van der Waals surface area contributed by atoms with E-state index in [2.05, 4.69) is 21.4 Å². The lowest BCUT2D eigenvalue weighted by Gasteiger charge is -2.03. The summed E-state index contributed by atoms with van der Waals surface area (Å²) in [6, 6.07) is 17.9. The molecule has 124 valence electrons. The van der Waals surface area contributed by atoms with Crippen molar-refractivity contribution < 1.29 is 4.79 Å².